The Morgan fingerprint density at radius 3 is 2.30 bits per heavy atom. The highest BCUT2D eigenvalue weighted by atomic mass is 16.2. The topological polar surface area (TPSA) is 63.4 Å². The van der Waals surface area contributed by atoms with Crippen molar-refractivity contribution >= 4 is 11.7 Å². The molecule has 146 valence electrons. The zero-order chi connectivity index (χ0) is 19.6. The summed E-state index contributed by atoms with van der Waals surface area (Å²) in [7, 11) is 0. The molecule has 0 saturated carbocycles. The van der Waals surface area contributed by atoms with Crippen LogP contribution in [0.15, 0.2) is 36.4 Å². The fourth-order valence-corrected chi connectivity index (χ4v) is 4.62. The first-order valence-electron chi connectivity index (χ1n) is 10.3. The molecule has 4 atom stereocenters. The lowest BCUT2D eigenvalue weighted by Crippen LogP contribution is -2.31. The molecule has 27 heavy (non-hydrogen) atoms. The number of rotatable bonds is 8. The van der Waals surface area contributed by atoms with Gasteiger partial charge in [-0.15, -0.1) is 0 Å². The number of ketones is 1. The van der Waals surface area contributed by atoms with E-state index in [-0.39, 0.29) is 29.7 Å². The predicted molar refractivity (Wildman–Crippen MR) is 108 cm³/mol. The van der Waals surface area contributed by atoms with Crippen molar-refractivity contribution < 1.29 is 9.59 Å². The molecule has 2 aliphatic heterocycles. The van der Waals surface area contributed by atoms with Gasteiger partial charge >= 0.3 is 0 Å². The summed E-state index contributed by atoms with van der Waals surface area (Å²) in [6.45, 7) is 6.22. The molecular weight excluding hydrogens is 336 g/mol. The molecule has 0 aliphatic carbocycles. The number of carbonyl (C=O) groups excluding carboxylic acids is 2. The molecule has 2 heterocycles. The molecule has 1 aromatic rings. The third-order valence-electron chi connectivity index (χ3n) is 5.96. The smallest absolute Gasteiger partial charge is 0.247 e. The van der Waals surface area contributed by atoms with Crippen molar-refractivity contribution in [1.29, 1.82) is 0 Å². The lowest BCUT2D eigenvalue weighted by atomic mass is 9.90. The van der Waals surface area contributed by atoms with Crippen molar-refractivity contribution in [3.05, 3.63) is 47.5 Å². The average molecular weight is 369 g/mol. The molecule has 2 aliphatic rings. The van der Waals surface area contributed by atoms with Gasteiger partial charge in [0.25, 0.3) is 0 Å². The van der Waals surface area contributed by atoms with E-state index in [9.17, 15) is 9.59 Å². The van der Waals surface area contributed by atoms with Crippen molar-refractivity contribution in [2.75, 3.05) is 0 Å². The van der Waals surface area contributed by atoms with Crippen LogP contribution in [0, 0.1) is 11.8 Å². The molecular formula is C23H32N2O2. The minimum atomic E-state index is -0.396. The number of hydrogen-bond acceptors (Lipinski definition) is 3. The second-order valence-corrected chi connectivity index (χ2v) is 8.42. The van der Waals surface area contributed by atoms with Crippen LogP contribution < -0.4 is 5.73 Å². The van der Waals surface area contributed by atoms with Gasteiger partial charge in [-0.05, 0) is 54.7 Å². The fourth-order valence-electron chi connectivity index (χ4n) is 4.62. The van der Waals surface area contributed by atoms with Crippen LogP contribution in [0.25, 0.3) is 0 Å². The monoisotopic (exact) mass is 368 g/mol. The van der Waals surface area contributed by atoms with Crippen LogP contribution in [0.3, 0.4) is 0 Å². The van der Waals surface area contributed by atoms with E-state index in [1.807, 2.05) is 17.9 Å². The summed E-state index contributed by atoms with van der Waals surface area (Å²) in [4.78, 5) is 27.3. The molecule has 4 heteroatoms. The molecule has 1 saturated heterocycles. The summed E-state index contributed by atoms with van der Waals surface area (Å²) in [5.74, 6) is 0.697. The molecule has 2 N–H and O–H groups in total. The summed E-state index contributed by atoms with van der Waals surface area (Å²) in [6.07, 6.45) is 7.70. The van der Waals surface area contributed by atoms with E-state index in [0.717, 1.165) is 19.3 Å². The Kier molecular flexibility index (Phi) is 6.15. The maximum Gasteiger partial charge on any atom is 0.247 e. The van der Waals surface area contributed by atoms with Gasteiger partial charge in [0, 0.05) is 6.42 Å². The van der Waals surface area contributed by atoms with Gasteiger partial charge in [-0.25, -0.2) is 0 Å². The van der Waals surface area contributed by atoms with Gasteiger partial charge in [0.05, 0.1) is 18.1 Å². The van der Waals surface area contributed by atoms with Gasteiger partial charge in [-0.1, -0.05) is 51.1 Å². The number of nitrogens with zero attached hydrogens (tertiary/aromatic N) is 1. The van der Waals surface area contributed by atoms with Crippen molar-refractivity contribution in [2.24, 2.45) is 17.6 Å². The first-order chi connectivity index (χ1) is 12.9. The Labute approximate surface area is 162 Å². The van der Waals surface area contributed by atoms with E-state index >= 15 is 0 Å². The number of amides is 1. The number of carbonyl (C=O) groups is 2. The van der Waals surface area contributed by atoms with E-state index in [1.165, 1.54) is 11.1 Å². The quantitative estimate of drug-likeness (QED) is 0.695. The summed E-state index contributed by atoms with van der Waals surface area (Å²) in [5.41, 5.74) is 8.50. The van der Waals surface area contributed by atoms with Crippen LogP contribution in [0.1, 0.15) is 76.1 Å². The molecule has 0 spiro atoms. The zero-order valence-corrected chi connectivity index (χ0v) is 16.7. The Bertz CT molecular complexity index is 694. The summed E-state index contributed by atoms with van der Waals surface area (Å²) in [6, 6.07) is 8.43. The number of nitrogens with two attached hydrogens (primary N) is 1. The Hall–Kier alpha value is -1.94. The molecule has 4 nitrogen and oxygen atoms in total. The molecule has 0 aromatic heterocycles. The van der Waals surface area contributed by atoms with Crippen LogP contribution >= 0.6 is 0 Å². The number of Topliss-reactive ketones (excluding diaryl/α,β-unsaturated/α-hetero) is 1. The van der Waals surface area contributed by atoms with Gasteiger partial charge in [-0.2, -0.15) is 0 Å². The van der Waals surface area contributed by atoms with Crippen LogP contribution in [-0.2, 0) is 9.59 Å². The maximum absolute atomic E-state index is 13.0. The lowest BCUT2D eigenvalue weighted by Gasteiger charge is -2.21. The molecule has 1 fully saturated rings. The predicted octanol–water partition coefficient (Wildman–Crippen LogP) is 4.32. The lowest BCUT2D eigenvalue weighted by molar-refractivity contribution is -0.128. The average Bonchev–Trinajstić information content (AvgIpc) is 3.22. The Morgan fingerprint density at radius 2 is 1.78 bits per heavy atom. The third-order valence-corrected chi connectivity index (χ3v) is 5.96. The first-order valence-corrected chi connectivity index (χ1v) is 10.3. The van der Waals surface area contributed by atoms with Crippen molar-refractivity contribution in [1.82, 2.24) is 4.90 Å². The molecule has 3 rings (SSSR count). The van der Waals surface area contributed by atoms with Gasteiger partial charge in [0.2, 0.25) is 5.91 Å². The normalized spacial score (nSPS) is 23.1. The van der Waals surface area contributed by atoms with Crippen LogP contribution in [-0.4, -0.2) is 22.6 Å². The first kappa shape index (κ1) is 19.8. The summed E-state index contributed by atoms with van der Waals surface area (Å²) in [5, 5.41) is 0. The molecule has 1 aromatic carbocycles. The fraction of sp³-hybridized carbons (Fsp3) is 0.565. The number of allylic oxidation sites excluding steroid dienone is 1. The largest absolute Gasteiger partial charge is 0.325 e. The number of fused-ring (bicyclic) bond motifs is 5. The Morgan fingerprint density at radius 1 is 1.19 bits per heavy atom. The molecule has 1 amide bonds. The van der Waals surface area contributed by atoms with Gasteiger partial charge in [0.1, 0.15) is 5.78 Å². The maximum atomic E-state index is 13.0. The van der Waals surface area contributed by atoms with E-state index in [4.69, 9.17) is 5.73 Å². The van der Waals surface area contributed by atoms with Gasteiger partial charge < -0.3 is 10.6 Å². The molecule has 2 bridgehead atoms. The molecule has 0 radical (unpaired) electrons. The Balaban J connectivity index is 1.70. The van der Waals surface area contributed by atoms with Crippen LogP contribution in [0.5, 0.6) is 0 Å². The van der Waals surface area contributed by atoms with Crippen LogP contribution in [0.4, 0.5) is 0 Å². The number of benzene rings is 1. The molecule has 0 unspecified atom stereocenters. The van der Waals surface area contributed by atoms with Crippen molar-refractivity contribution in [3.63, 3.8) is 0 Å². The highest BCUT2D eigenvalue weighted by Gasteiger charge is 2.45. The SMILES string of the molecule is CC[C@H](N)C(=O)C[C@H](/C=C/C(=O)N1[C@@H]2CC[C@H]1c1ccccc12)CC(C)C. The van der Waals surface area contributed by atoms with Crippen molar-refractivity contribution in [3.8, 4) is 0 Å². The third kappa shape index (κ3) is 4.16. The summed E-state index contributed by atoms with van der Waals surface area (Å²) >= 11 is 0. The standard InChI is InChI=1S/C23H32N2O2/c1-4-19(24)22(26)14-16(13-15(2)3)9-12-23(27)25-20-10-11-21(25)18-8-6-5-7-17(18)20/h5-9,12,15-16,19-21H,4,10-11,13-14,24H2,1-3H3/b12-9+/t16-,19+,20-,21+/m1/s1. The minimum absolute atomic E-state index is 0.0692. The number of hydrogen-bond donors (Lipinski definition) is 1. The van der Waals surface area contributed by atoms with E-state index in [0.29, 0.717) is 18.8 Å². The second kappa shape index (κ2) is 8.39. The van der Waals surface area contributed by atoms with Crippen molar-refractivity contribution in [2.45, 2.75) is 71.0 Å². The van der Waals surface area contributed by atoms with Crippen LogP contribution in [0.2, 0.25) is 0 Å². The second-order valence-electron chi connectivity index (χ2n) is 8.42. The van der Waals surface area contributed by atoms with Gasteiger partial charge in [-0.3, -0.25) is 9.59 Å². The highest BCUT2D eigenvalue weighted by Crippen LogP contribution is 2.52. The summed E-state index contributed by atoms with van der Waals surface area (Å²) < 4.78 is 0. The van der Waals surface area contributed by atoms with E-state index in [1.54, 1.807) is 6.08 Å². The zero-order valence-electron chi connectivity index (χ0n) is 16.7. The van der Waals surface area contributed by atoms with E-state index in [2.05, 4.69) is 38.1 Å². The van der Waals surface area contributed by atoms with Gasteiger partial charge in [0.15, 0.2) is 0 Å². The minimum Gasteiger partial charge on any atom is -0.325 e. The highest BCUT2D eigenvalue weighted by molar-refractivity contribution is 5.89. The van der Waals surface area contributed by atoms with E-state index < -0.39 is 6.04 Å².